The van der Waals surface area contributed by atoms with Gasteiger partial charge in [0.05, 0.1) is 33.4 Å². The Morgan fingerprint density at radius 1 is 1.11 bits per heavy atom. The van der Waals surface area contributed by atoms with Crippen molar-refractivity contribution in [1.29, 1.82) is 0 Å². The lowest BCUT2D eigenvalue weighted by molar-refractivity contribution is -0.120. The normalized spacial score (nSPS) is 19.6. The van der Waals surface area contributed by atoms with Gasteiger partial charge in [0.15, 0.2) is 5.82 Å². The van der Waals surface area contributed by atoms with E-state index < -0.39 is 71.3 Å². The molecular formula is C37H31ClF6N8OS. The van der Waals surface area contributed by atoms with Crippen molar-refractivity contribution in [2.75, 3.05) is 17.5 Å². The molecule has 7 rings (SSSR count). The Labute approximate surface area is 314 Å². The summed E-state index contributed by atoms with van der Waals surface area (Å²) in [6.07, 6.45) is 3.23. The molecule has 5 aromatic rings. The Morgan fingerprint density at radius 2 is 1.87 bits per heavy atom. The standard InChI is InChI=1S/C37H31ClF6N8OS/c1-52-33-22(5-6-26(38)30(33)36(50-52)51-54-2)23-11-19(18-4-3-7-46-14-18)15-47-32(23)27(10-17-8-20(39)12-21(40)9-17)49-28(53)16-48-34-29(31(45)35(41)42)24-13-25(24)37(34,43)44/h3-9,11-12,14-15,24-25,27,35H,10,13,16,45H2,1-2H3,(H,49,53)(H,50,51)/t24-,25+,27-/m0/s1. The molecule has 2 fully saturated rings. The molecule has 2 aliphatic carbocycles. The minimum Gasteiger partial charge on any atom is -0.397 e. The van der Waals surface area contributed by atoms with Crippen LogP contribution < -0.4 is 15.8 Å². The van der Waals surface area contributed by atoms with E-state index in [0.717, 1.165) is 12.1 Å². The number of allylic oxidation sites excluding steroid dienone is 2. The molecule has 4 N–H and O–H groups in total. The first-order valence-electron chi connectivity index (χ1n) is 16.6. The van der Waals surface area contributed by atoms with Gasteiger partial charge in [0.2, 0.25) is 5.91 Å². The number of aromatic nitrogens is 4. The van der Waals surface area contributed by atoms with Crippen molar-refractivity contribution in [3.63, 3.8) is 0 Å². The van der Waals surface area contributed by atoms with Crippen LogP contribution in [0, 0.1) is 23.5 Å². The number of nitrogens with zero attached hydrogens (tertiary/aromatic N) is 5. The fourth-order valence-electron chi connectivity index (χ4n) is 7.10. The van der Waals surface area contributed by atoms with E-state index in [0.29, 0.717) is 50.1 Å². The molecule has 2 saturated carbocycles. The molecule has 9 nitrogen and oxygen atoms in total. The molecule has 0 bridgehead atoms. The molecule has 3 heterocycles. The van der Waals surface area contributed by atoms with Crippen molar-refractivity contribution in [3.8, 4) is 22.3 Å². The molecule has 3 atom stereocenters. The van der Waals surface area contributed by atoms with Crippen LogP contribution >= 0.6 is 23.5 Å². The lowest BCUT2D eigenvalue weighted by atomic mass is 9.92. The van der Waals surface area contributed by atoms with E-state index in [4.69, 9.17) is 22.3 Å². The SMILES string of the molecule is CSNc1nn(C)c2c(-c3cc(-c4cccnc4)cnc3[C@H](Cc3cc(F)cc(F)c3)NC(=O)CN=C3C(=C(N)C(F)F)[C@H]4C[C@H]4C3(F)F)ccc(Cl)c12. The zero-order valence-electron chi connectivity index (χ0n) is 28.6. The summed E-state index contributed by atoms with van der Waals surface area (Å²) in [7, 11) is 1.73. The second-order valence-electron chi connectivity index (χ2n) is 13.0. The Balaban J connectivity index is 1.36. The minimum atomic E-state index is -3.55. The monoisotopic (exact) mass is 784 g/mol. The fourth-order valence-corrected chi connectivity index (χ4v) is 7.68. The zero-order valence-corrected chi connectivity index (χ0v) is 30.1. The van der Waals surface area contributed by atoms with E-state index in [1.165, 1.54) is 11.9 Å². The maximum absolute atomic E-state index is 15.2. The highest BCUT2D eigenvalue weighted by Crippen LogP contribution is 2.62. The summed E-state index contributed by atoms with van der Waals surface area (Å²) >= 11 is 8.01. The Hall–Kier alpha value is -5.09. The van der Waals surface area contributed by atoms with Crippen LogP contribution in [0.4, 0.5) is 32.2 Å². The maximum Gasteiger partial charge on any atom is 0.292 e. The summed E-state index contributed by atoms with van der Waals surface area (Å²) in [5.41, 5.74) is 6.59. The summed E-state index contributed by atoms with van der Waals surface area (Å²) < 4.78 is 91.3. The number of benzene rings is 2. The highest BCUT2D eigenvalue weighted by molar-refractivity contribution is 7.99. The van der Waals surface area contributed by atoms with E-state index >= 15 is 8.78 Å². The van der Waals surface area contributed by atoms with Gasteiger partial charge in [-0.3, -0.25) is 24.4 Å². The van der Waals surface area contributed by atoms with Crippen LogP contribution in [0.5, 0.6) is 0 Å². The van der Waals surface area contributed by atoms with Gasteiger partial charge in [0.25, 0.3) is 12.3 Å². The number of rotatable bonds is 11. The summed E-state index contributed by atoms with van der Waals surface area (Å²) in [5.74, 6) is -7.75. The number of alkyl halides is 4. The van der Waals surface area contributed by atoms with Crippen LogP contribution in [0.2, 0.25) is 5.02 Å². The molecule has 54 heavy (non-hydrogen) atoms. The Morgan fingerprint density at radius 3 is 2.56 bits per heavy atom. The average molecular weight is 785 g/mol. The molecule has 0 saturated heterocycles. The quantitative estimate of drug-likeness (QED) is 0.0919. The topological polar surface area (TPSA) is 123 Å². The van der Waals surface area contributed by atoms with Gasteiger partial charge in [0, 0.05) is 71.7 Å². The average Bonchev–Trinajstić information content (AvgIpc) is 3.82. The highest BCUT2D eigenvalue weighted by Gasteiger charge is 2.67. The van der Waals surface area contributed by atoms with Crippen LogP contribution in [0.1, 0.15) is 23.7 Å². The molecule has 17 heteroatoms. The number of nitrogens with two attached hydrogens (primary N) is 1. The van der Waals surface area contributed by atoms with Gasteiger partial charge in [0.1, 0.15) is 23.9 Å². The third kappa shape index (κ3) is 6.99. The Kier molecular flexibility index (Phi) is 10.1. The number of aliphatic imine (C=N–C) groups is 1. The summed E-state index contributed by atoms with van der Waals surface area (Å²) in [4.78, 5) is 26.5. The van der Waals surface area contributed by atoms with Crippen LogP contribution in [0.25, 0.3) is 33.2 Å². The molecular weight excluding hydrogens is 754 g/mol. The highest BCUT2D eigenvalue weighted by atomic mass is 35.5. The first-order chi connectivity index (χ1) is 25.8. The number of carbonyl (C=O) groups excluding carboxylic acids is 1. The number of hydrogen-bond donors (Lipinski definition) is 3. The molecule has 2 aliphatic rings. The summed E-state index contributed by atoms with van der Waals surface area (Å²) in [6.45, 7) is -0.877. The van der Waals surface area contributed by atoms with E-state index in [1.807, 2.05) is 18.4 Å². The molecule has 0 unspecified atom stereocenters. The largest absolute Gasteiger partial charge is 0.397 e. The van der Waals surface area contributed by atoms with Crippen molar-refractivity contribution in [3.05, 3.63) is 106 Å². The second kappa shape index (κ2) is 14.6. The van der Waals surface area contributed by atoms with Gasteiger partial charge >= 0.3 is 0 Å². The second-order valence-corrected chi connectivity index (χ2v) is 14.0. The lowest BCUT2D eigenvalue weighted by Crippen LogP contribution is -2.35. The third-order valence-corrected chi connectivity index (χ3v) is 10.2. The maximum atomic E-state index is 15.2. The van der Waals surface area contributed by atoms with E-state index in [-0.39, 0.29) is 24.1 Å². The third-order valence-electron chi connectivity index (χ3n) is 9.49. The number of halogens is 7. The zero-order chi connectivity index (χ0) is 38.5. The van der Waals surface area contributed by atoms with E-state index in [9.17, 15) is 22.4 Å². The van der Waals surface area contributed by atoms with Crippen molar-refractivity contribution in [2.45, 2.75) is 31.2 Å². The number of hydrogen-bond acceptors (Lipinski definition) is 8. The van der Waals surface area contributed by atoms with Gasteiger partial charge < -0.3 is 15.8 Å². The van der Waals surface area contributed by atoms with Gasteiger partial charge in [-0.2, -0.15) is 13.9 Å². The minimum absolute atomic E-state index is 0.0137. The van der Waals surface area contributed by atoms with Gasteiger partial charge in [-0.15, -0.1) is 0 Å². The molecule has 0 spiro atoms. The van der Waals surface area contributed by atoms with Crippen LogP contribution in [0.15, 0.2) is 83.4 Å². The smallest absolute Gasteiger partial charge is 0.292 e. The number of fused-ring (bicyclic) bond motifs is 2. The first-order valence-corrected chi connectivity index (χ1v) is 18.2. The molecule has 0 radical (unpaired) electrons. The van der Waals surface area contributed by atoms with Gasteiger partial charge in [-0.1, -0.05) is 35.7 Å². The fraction of sp³-hybridized carbons (Fsp3) is 0.270. The first kappa shape index (κ1) is 37.2. The number of aryl methyl sites for hydroxylation is 1. The van der Waals surface area contributed by atoms with Gasteiger partial charge in [-0.05, 0) is 54.7 Å². The molecule has 280 valence electrons. The molecule has 3 aromatic heterocycles. The lowest BCUT2D eigenvalue weighted by Gasteiger charge is -2.23. The summed E-state index contributed by atoms with van der Waals surface area (Å²) in [5, 5.41) is 8.36. The predicted octanol–water partition coefficient (Wildman–Crippen LogP) is 7.92. The molecule has 2 aromatic carbocycles. The van der Waals surface area contributed by atoms with Crippen LogP contribution in [-0.2, 0) is 18.3 Å². The number of pyridine rings is 2. The van der Waals surface area contributed by atoms with Crippen molar-refractivity contribution >= 4 is 51.9 Å². The number of nitrogens with one attached hydrogen (secondary N) is 2. The molecule has 1 amide bonds. The van der Waals surface area contributed by atoms with Gasteiger partial charge in [-0.25, -0.2) is 17.6 Å². The van der Waals surface area contributed by atoms with E-state index in [2.05, 4.69) is 25.1 Å². The predicted molar refractivity (Wildman–Crippen MR) is 196 cm³/mol. The van der Waals surface area contributed by atoms with Crippen molar-refractivity contribution in [2.24, 2.45) is 29.6 Å². The van der Waals surface area contributed by atoms with Crippen LogP contribution in [-0.4, -0.2) is 56.5 Å². The number of amides is 1. The van der Waals surface area contributed by atoms with E-state index in [1.54, 1.807) is 48.5 Å². The summed E-state index contributed by atoms with van der Waals surface area (Å²) in [6, 6.07) is 10.6. The van der Waals surface area contributed by atoms with Crippen molar-refractivity contribution in [1.82, 2.24) is 25.1 Å². The molecule has 0 aliphatic heterocycles. The number of carbonyl (C=O) groups is 1. The van der Waals surface area contributed by atoms with Crippen LogP contribution in [0.3, 0.4) is 0 Å². The Bertz CT molecular complexity index is 2320. The van der Waals surface area contributed by atoms with Crippen molar-refractivity contribution < 1.29 is 31.1 Å². The number of anilines is 1.